The number of rotatable bonds is 7. The highest BCUT2D eigenvalue weighted by molar-refractivity contribution is 4.63. The molecule has 0 aliphatic heterocycles. The average molecular weight is 160 g/mol. The number of hydrogen-bond donors (Lipinski definition) is 2. The highest BCUT2D eigenvalue weighted by Gasteiger charge is 2.02. The Morgan fingerprint density at radius 3 is 2.73 bits per heavy atom. The van der Waals surface area contributed by atoms with Crippen molar-refractivity contribution in [3.05, 3.63) is 0 Å². The van der Waals surface area contributed by atoms with Gasteiger partial charge in [0, 0.05) is 13.2 Å². The fourth-order valence-corrected chi connectivity index (χ4v) is 0.931. The van der Waals surface area contributed by atoms with Crippen LogP contribution >= 0.6 is 0 Å². The molecule has 3 N–H and O–H groups in total. The molecule has 0 radical (unpaired) electrons. The first-order valence-electron chi connectivity index (χ1n) is 4.27. The maximum atomic E-state index is 5.36. The molecular weight excluding hydrogens is 140 g/mol. The molecule has 0 spiro atoms. The largest absolute Gasteiger partial charge is 0.383 e. The molecule has 0 rings (SSSR count). The van der Waals surface area contributed by atoms with Crippen LogP contribution in [0.5, 0.6) is 0 Å². The van der Waals surface area contributed by atoms with Gasteiger partial charge in [0.2, 0.25) is 0 Å². The van der Waals surface area contributed by atoms with Gasteiger partial charge in [-0.2, -0.15) is 0 Å². The Hall–Kier alpha value is -0.120. The van der Waals surface area contributed by atoms with Crippen LogP contribution in [0.2, 0.25) is 0 Å². The highest BCUT2D eigenvalue weighted by atomic mass is 16.5. The van der Waals surface area contributed by atoms with Crippen molar-refractivity contribution in [3.8, 4) is 0 Å². The first-order chi connectivity index (χ1) is 5.35. The van der Waals surface area contributed by atoms with Crippen LogP contribution < -0.4 is 11.1 Å². The van der Waals surface area contributed by atoms with E-state index < -0.39 is 0 Å². The number of ether oxygens (including phenoxy) is 1. The van der Waals surface area contributed by atoms with Gasteiger partial charge >= 0.3 is 0 Å². The summed E-state index contributed by atoms with van der Waals surface area (Å²) in [6.07, 6.45) is 2.15. The molecule has 1 atom stereocenters. The predicted molar refractivity (Wildman–Crippen MR) is 47.6 cm³/mol. The standard InChI is InChI=1S/C8H20N2O/c1-3-8(7-11-2)10-6-4-5-9/h8,10H,3-7,9H2,1-2H3. The monoisotopic (exact) mass is 160 g/mol. The third-order valence-corrected chi connectivity index (χ3v) is 1.67. The van der Waals surface area contributed by atoms with Crippen LogP contribution in [0.25, 0.3) is 0 Å². The van der Waals surface area contributed by atoms with Crippen molar-refractivity contribution in [2.75, 3.05) is 26.8 Å². The Morgan fingerprint density at radius 2 is 2.27 bits per heavy atom. The average Bonchev–Trinajstić information content (AvgIpc) is 2.03. The van der Waals surface area contributed by atoms with Crippen LogP contribution in [-0.4, -0.2) is 32.8 Å². The summed E-state index contributed by atoms with van der Waals surface area (Å²) in [5.41, 5.74) is 5.36. The van der Waals surface area contributed by atoms with E-state index in [4.69, 9.17) is 10.5 Å². The molecule has 0 heterocycles. The Labute approximate surface area is 69.3 Å². The Kier molecular flexibility index (Phi) is 7.89. The van der Waals surface area contributed by atoms with E-state index in [0.717, 1.165) is 32.5 Å². The lowest BCUT2D eigenvalue weighted by Crippen LogP contribution is -2.33. The summed E-state index contributed by atoms with van der Waals surface area (Å²) in [7, 11) is 1.73. The quantitative estimate of drug-likeness (QED) is 0.528. The zero-order valence-corrected chi connectivity index (χ0v) is 7.60. The number of methoxy groups -OCH3 is 1. The highest BCUT2D eigenvalue weighted by Crippen LogP contribution is 1.90. The summed E-state index contributed by atoms with van der Waals surface area (Å²) in [6.45, 7) is 4.70. The van der Waals surface area contributed by atoms with Crippen molar-refractivity contribution >= 4 is 0 Å². The molecule has 0 saturated heterocycles. The van der Waals surface area contributed by atoms with E-state index in [0.29, 0.717) is 6.04 Å². The summed E-state index contributed by atoms with van der Waals surface area (Å²) >= 11 is 0. The van der Waals surface area contributed by atoms with Crippen LogP contribution in [0, 0.1) is 0 Å². The van der Waals surface area contributed by atoms with Gasteiger partial charge in [0.05, 0.1) is 6.61 Å². The van der Waals surface area contributed by atoms with Crippen molar-refractivity contribution in [2.24, 2.45) is 5.73 Å². The van der Waals surface area contributed by atoms with E-state index in [2.05, 4.69) is 12.2 Å². The second kappa shape index (κ2) is 7.98. The summed E-state index contributed by atoms with van der Waals surface area (Å²) < 4.78 is 5.03. The maximum Gasteiger partial charge on any atom is 0.0615 e. The van der Waals surface area contributed by atoms with E-state index >= 15 is 0 Å². The Morgan fingerprint density at radius 1 is 1.55 bits per heavy atom. The molecule has 0 fully saturated rings. The fourth-order valence-electron chi connectivity index (χ4n) is 0.931. The number of nitrogens with one attached hydrogen (secondary N) is 1. The lowest BCUT2D eigenvalue weighted by Gasteiger charge is -2.14. The molecule has 0 aromatic rings. The van der Waals surface area contributed by atoms with E-state index in [9.17, 15) is 0 Å². The van der Waals surface area contributed by atoms with Gasteiger partial charge in [0.1, 0.15) is 0 Å². The third kappa shape index (κ3) is 6.28. The minimum absolute atomic E-state index is 0.492. The zero-order chi connectivity index (χ0) is 8.53. The van der Waals surface area contributed by atoms with Crippen LogP contribution in [0.1, 0.15) is 19.8 Å². The van der Waals surface area contributed by atoms with Crippen LogP contribution in [0.4, 0.5) is 0 Å². The van der Waals surface area contributed by atoms with Gasteiger partial charge in [-0.1, -0.05) is 6.92 Å². The molecule has 0 aromatic heterocycles. The topological polar surface area (TPSA) is 47.3 Å². The second-order valence-corrected chi connectivity index (χ2v) is 2.66. The minimum Gasteiger partial charge on any atom is -0.383 e. The first-order valence-corrected chi connectivity index (χ1v) is 4.27. The molecule has 0 aromatic carbocycles. The molecule has 0 aliphatic rings. The number of nitrogens with two attached hydrogens (primary N) is 1. The second-order valence-electron chi connectivity index (χ2n) is 2.66. The number of hydrogen-bond acceptors (Lipinski definition) is 3. The van der Waals surface area contributed by atoms with Gasteiger partial charge in [-0.25, -0.2) is 0 Å². The lowest BCUT2D eigenvalue weighted by molar-refractivity contribution is 0.164. The zero-order valence-electron chi connectivity index (χ0n) is 7.60. The van der Waals surface area contributed by atoms with E-state index in [1.165, 1.54) is 0 Å². The Balaban J connectivity index is 3.20. The van der Waals surface area contributed by atoms with Gasteiger partial charge in [0.15, 0.2) is 0 Å². The van der Waals surface area contributed by atoms with Gasteiger partial charge in [-0.3, -0.25) is 0 Å². The van der Waals surface area contributed by atoms with Crippen molar-refractivity contribution in [1.29, 1.82) is 0 Å². The van der Waals surface area contributed by atoms with Crippen molar-refractivity contribution in [1.82, 2.24) is 5.32 Å². The van der Waals surface area contributed by atoms with Gasteiger partial charge in [-0.15, -0.1) is 0 Å². The summed E-state index contributed by atoms with van der Waals surface area (Å²) in [6, 6.07) is 0.492. The smallest absolute Gasteiger partial charge is 0.0615 e. The molecule has 0 bridgehead atoms. The van der Waals surface area contributed by atoms with E-state index in [1.54, 1.807) is 7.11 Å². The summed E-state index contributed by atoms with van der Waals surface area (Å²) in [5.74, 6) is 0. The predicted octanol–water partition coefficient (Wildman–Crippen LogP) is 0.350. The summed E-state index contributed by atoms with van der Waals surface area (Å²) in [5, 5.41) is 3.37. The molecular formula is C8H20N2O. The van der Waals surface area contributed by atoms with Crippen LogP contribution in [-0.2, 0) is 4.74 Å². The fraction of sp³-hybridized carbons (Fsp3) is 1.00. The van der Waals surface area contributed by atoms with Gasteiger partial charge in [-0.05, 0) is 25.9 Å². The molecule has 3 nitrogen and oxygen atoms in total. The van der Waals surface area contributed by atoms with Crippen molar-refractivity contribution in [2.45, 2.75) is 25.8 Å². The van der Waals surface area contributed by atoms with Gasteiger partial charge < -0.3 is 15.8 Å². The Bertz CT molecular complexity index is 78.5. The van der Waals surface area contributed by atoms with Crippen LogP contribution in [0.15, 0.2) is 0 Å². The SMILES string of the molecule is CCC(COC)NCCCN. The molecule has 3 heteroatoms. The molecule has 11 heavy (non-hydrogen) atoms. The van der Waals surface area contributed by atoms with Gasteiger partial charge in [0.25, 0.3) is 0 Å². The van der Waals surface area contributed by atoms with Crippen molar-refractivity contribution in [3.63, 3.8) is 0 Å². The minimum atomic E-state index is 0.492. The lowest BCUT2D eigenvalue weighted by atomic mass is 10.2. The molecule has 1 unspecified atom stereocenters. The summed E-state index contributed by atoms with van der Waals surface area (Å²) in [4.78, 5) is 0. The van der Waals surface area contributed by atoms with E-state index in [1.807, 2.05) is 0 Å². The van der Waals surface area contributed by atoms with E-state index in [-0.39, 0.29) is 0 Å². The van der Waals surface area contributed by atoms with Crippen LogP contribution in [0.3, 0.4) is 0 Å². The molecule has 68 valence electrons. The normalized spacial score (nSPS) is 13.4. The molecule has 0 aliphatic carbocycles. The maximum absolute atomic E-state index is 5.36. The van der Waals surface area contributed by atoms with Crippen molar-refractivity contribution < 1.29 is 4.74 Å². The third-order valence-electron chi connectivity index (χ3n) is 1.67. The first kappa shape index (κ1) is 10.9. The molecule has 0 saturated carbocycles. The molecule has 0 amide bonds.